The molecule has 1 aliphatic rings. The zero-order valence-electron chi connectivity index (χ0n) is 12.9. The summed E-state index contributed by atoms with van der Waals surface area (Å²) in [4.78, 5) is 14.4. The molecule has 0 unspecified atom stereocenters. The molecule has 5 nitrogen and oxygen atoms in total. The van der Waals surface area contributed by atoms with Crippen LogP contribution in [0.25, 0.3) is 0 Å². The number of aromatic nitrogens is 2. The number of rotatable bonds is 6. The highest BCUT2D eigenvalue weighted by atomic mass is 35.5. The zero-order valence-corrected chi connectivity index (χ0v) is 13.7. The third-order valence-electron chi connectivity index (χ3n) is 4.16. The van der Waals surface area contributed by atoms with Gasteiger partial charge in [-0.2, -0.15) is 5.10 Å². The van der Waals surface area contributed by atoms with Gasteiger partial charge in [0.25, 0.3) is 5.56 Å². The maximum absolute atomic E-state index is 12.2. The molecule has 1 saturated heterocycles. The molecule has 0 atom stereocenters. The highest BCUT2D eigenvalue weighted by Gasteiger charge is 2.22. The van der Waals surface area contributed by atoms with Crippen LogP contribution in [0.2, 0.25) is 5.02 Å². The van der Waals surface area contributed by atoms with Gasteiger partial charge in [0.2, 0.25) is 0 Å². The number of anilines is 1. The Bertz CT molecular complexity index is 509. The van der Waals surface area contributed by atoms with Crippen molar-refractivity contribution < 1.29 is 0 Å². The molecule has 0 saturated carbocycles. The van der Waals surface area contributed by atoms with Gasteiger partial charge in [0.1, 0.15) is 5.02 Å². The van der Waals surface area contributed by atoms with E-state index in [0.29, 0.717) is 11.6 Å². The van der Waals surface area contributed by atoms with Crippen molar-refractivity contribution in [1.82, 2.24) is 15.1 Å². The molecule has 118 valence electrons. The van der Waals surface area contributed by atoms with Gasteiger partial charge >= 0.3 is 0 Å². The zero-order chi connectivity index (χ0) is 15.2. The van der Waals surface area contributed by atoms with Crippen molar-refractivity contribution in [3.8, 4) is 0 Å². The number of nitrogens with one attached hydrogen (secondary N) is 1. The Balaban J connectivity index is 2.03. The summed E-state index contributed by atoms with van der Waals surface area (Å²) < 4.78 is 1.45. The molecule has 6 heteroatoms. The Kier molecular flexibility index (Phi) is 6.06. The maximum Gasteiger partial charge on any atom is 0.287 e. The first-order chi connectivity index (χ1) is 10.2. The van der Waals surface area contributed by atoms with E-state index in [1.54, 1.807) is 6.20 Å². The highest BCUT2D eigenvalue weighted by molar-refractivity contribution is 6.33. The molecule has 0 spiro atoms. The van der Waals surface area contributed by atoms with Crippen molar-refractivity contribution in [3.05, 3.63) is 21.6 Å². The van der Waals surface area contributed by atoms with Gasteiger partial charge in [0.15, 0.2) is 0 Å². The van der Waals surface area contributed by atoms with Crippen molar-refractivity contribution in [2.24, 2.45) is 5.92 Å². The second kappa shape index (κ2) is 7.80. The second-order valence-electron chi connectivity index (χ2n) is 5.69. The van der Waals surface area contributed by atoms with Crippen LogP contribution in [0, 0.1) is 5.92 Å². The first-order valence-electron chi connectivity index (χ1n) is 7.82. The molecule has 1 N–H and O–H groups in total. The van der Waals surface area contributed by atoms with Crippen LogP contribution in [0.5, 0.6) is 0 Å². The molecule has 0 amide bonds. The van der Waals surface area contributed by atoms with E-state index in [-0.39, 0.29) is 5.56 Å². The lowest BCUT2D eigenvalue weighted by atomic mass is 9.93. The maximum atomic E-state index is 12.2. The molecule has 1 fully saturated rings. The molecule has 1 aromatic heterocycles. The molecule has 0 bridgehead atoms. The SMILES string of the molecule is CCCn1ncc(N2CCC(CCNC)CC2)c(Cl)c1=O. The fourth-order valence-electron chi connectivity index (χ4n) is 2.86. The third kappa shape index (κ3) is 3.98. The molecule has 0 radical (unpaired) electrons. The molecular formula is C15H25ClN4O. The predicted octanol–water partition coefficient (Wildman–Crippen LogP) is 2.13. The summed E-state index contributed by atoms with van der Waals surface area (Å²) in [5.74, 6) is 0.765. The van der Waals surface area contributed by atoms with Crippen LogP contribution in [0.3, 0.4) is 0 Å². The van der Waals surface area contributed by atoms with Crippen LogP contribution in [-0.2, 0) is 6.54 Å². The summed E-state index contributed by atoms with van der Waals surface area (Å²) in [6.07, 6.45) is 6.13. The molecule has 2 rings (SSSR count). The van der Waals surface area contributed by atoms with Gasteiger partial charge in [0, 0.05) is 19.6 Å². The quantitative estimate of drug-likeness (QED) is 0.874. The fraction of sp³-hybridized carbons (Fsp3) is 0.733. The van der Waals surface area contributed by atoms with Crippen molar-refractivity contribution in [2.45, 2.75) is 39.2 Å². The van der Waals surface area contributed by atoms with Gasteiger partial charge in [-0.1, -0.05) is 18.5 Å². The summed E-state index contributed by atoms with van der Waals surface area (Å²) in [6, 6.07) is 0. The summed E-state index contributed by atoms with van der Waals surface area (Å²) in [7, 11) is 1.99. The summed E-state index contributed by atoms with van der Waals surface area (Å²) in [5, 5.41) is 7.76. The van der Waals surface area contributed by atoms with Crippen LogP contribution in [0.4, 0.5) is 5.69 Å². The monoisotopic (exact) mass is 312 g/mol. The molecule has 1 aliphatic heterocycles. The van der Waals surface area contributed by atoms with E-state index in [4.69, 9.17) is 11.6 Å². The van der Waals surface area contributed by atoms with Gasteiger partial charge in [-0.3, -0.25) is 4.79 Å². The lowest BCUT2D eigenvalue weighted by Crippen LogP contribution is -2.36. The summed E-state index contributed by atoms with van der Waals surface area (Å²) in [6.45, 7) is 5.61. The van der Waals surface area contributed by atoms with Crippen LogP contribution in [0.1, 0.15) is 32.6 Å². The van der Waals surface area contributed by atoms with E-state index in [9.17, 15) is 4.79 Å². The van der Waals surface area contributed by atoms with Gasteiger partial charge in [-0.15, -0.1) is 0 Å². The first-order valence-corrected chi connectivity index (χ1v) is 8.20. The van der Waals surface area contributed by atoms with Gasteiger partial charge in [0.05, 0.1) is 11.9 Å². The minimum Gasteiger partial charge on any atom is -0.369 e. The van der Waals surface area contributed by atoms with Crippen molar-refractivity contribution >= 4 is 17.3 Å². The summed E-state index contributed by atoms with van der Waals surface area (Å²) in [5.41, 5.74) is 0.620. The largest absolute Gasteiger partial charge is 0.369 e. The van der Waals surface area contributed by atoms with E-state index in [1.807, 2.05) is 14.0 Å². The molecule has 1 aromatic rings. The lowest BCUT2D eigenvalue weighted by molar-refractivity contribution is 0.377. The molecular weight excluding hydrogens is 288 g/mol. The van der Waals surface area contributed by atoms with Crippen molar-refractivity contribution in [3.63, 3.8) is 0 Å². The average molecular weight is 313 g/mol. The van der Waals surface area contributed by atoms with Gasteiger partial charge < -0.3 is 10.2 Å². The predicted molar refractivity (Wildman–Crippen MR) is 87.3 cm³/mol. The van der Waals surface area contributed by atoms with Crippen LogP contribution in [-0.4, -0.2) is 36.5 Å². The smallest absolute Gasteiger partial charge is 0.287 e. The molecule has 2 heterocycles. The topological polar surface area (TPSA) is 50.2 Å². The van der Waals surface area contributed by atoms with E-state index in [1.165, 1.54) is 11.1 Å². The van der Waals surface area contributed by atoms with E-state index in [2.05, 4.69) is 15.3 Å². The first kappa shape index (κ1) is 16.3. The Hall–Kier alpha value is -1.07. The number of hydrogen-bond donors (Lipinski definition) is 1. The minimum atomic E-state index is -0.173. The second-order valence-corrected chi connectivity index (χ2v) is 6.07. The third-order valence-corrected chi connectivity index (χ3v) is 4.51. The number of aryl methyl sites for hydroxylation is 1. The van der Waals surface area contributed by atoms with E-state index in [0.717, 1.165) is 50.5 Å². The summed E-state index contributed by atoms with van der Waals surface area (Å²) >= 11 is 6.26. The Morgan fingerprint density at radius 3 is 2.76 bits per heavy atom. The number of piperidine rings is 1. The lowest BCUT2D eigenvalue weighted by Gasteiger charge is -2.33. The fourth-order valence-corrected chi connectivity index (χ4v) is 3.12. The van der Waals surface area contributed by atoms with Crippen LogP contribution >= 0.6 is 11.6 Å². The number of nitrogens with zero attached hydrogens (tertiary/aromatic N) is 3. The average Bonchev–Trinajstić information content (AvgIpc) is 2.51. The van der Waals surface area contributed by atoms with Crippen molar-refractivity contribution in [2.75, 3.05) is 31.6 Å². The van der Waals surface area contributed by atoms with Crippen LogP contribution < -0.4 is 15.8 Å². The van der Waals surface area contributed by atoms with Gasteiger partial charge in [-0.25, -0.2) is 4.68 Å². The normalized spacial score (nSPS) is 16.4. The number of halogens is 1. The molecule has 0 aromatic carbocycles. The standard InChI is InChI=1S/C15H25ClN4O/c1-3-8-20-15(21)14(16)13(11-18-20)19-9-5-12(6-10-19)4-7-17-2/h11-12,17H,3-10H2,1-2H3. The molecule has 0 aliphatic carbocycles. The highest BCUT2D eigenvalue weighted by Crippen LogP contribution is 2.27. The van der Waals surface area contributed by atoms with E-state index >= 15 is 0 Å². The Morgan fingerprint density at radius 2 is 2.14 bits per heavy atom. The number of hydrogen-bond acceptors (Lipinski definition) is 4. The van der Waals surface area contributed by atoms with Crippen molar-refractivity contribution in [1.29, 1.82) is 0 Å². The van der Waals surface area contributed by atoms with Crippen LogP contribution in [0.15, 0.2) is 11.0 Å². The van der Waals surface area contributed by atoms with E-state index < -0.39 is 0 Å². The Morgan fingerprint density at radius 1 is 1.43 bits per heavy atom. The Labute approximate surface area is 131 Å². The van der Waals surface area contributed by atoms with Gasteiger partial charge in [-0.05, 0) is 45.2 Å². The molecule has 21 heavy (non-hydrogen) atoms. The minimum absolute atomic E-state index is 0.173.